The fourth-order valence-corrected chi connectivity index (χ4v) is 5.09. The number of halogens is 1. The fraction of sp³-hybridized carbons (Fsp3) is 0.444. The Morgan fingerprint density at radius 2 is 1.89 bits per heavy atom. The van der Waals surface area contributed by atoms with Crippen LogP contribution in [0.4, 0.5) is 4.39 Å². The van der Waals surface area contributed by atoms with Gasteiger partial charge in [0.05, 0.1) is 6.54 Å². The summed E-state index contributed by atoms with van der Waals surface area (Å²) < 4.78 is 20.7. The number of aromatic hydroxyl groups is 1. The summed E-state index contributed by atoms with van der Waals surface area (Å²) in [4.78, 5) is 35.5. The van der Waals surface area contributed by atoms with Crippen LogP contribution < -0.4 is 15.6 Å². The molecule has 3 aromatic rings. The SMILES string of the molecule is CC(C)N1CCN(CCNC(=O)c2c(O)c3ncc(Cc4ccc(F)cc4)c4c3n(c2=O)CCO4)CC1. The number of piperazine rings is 1. The topological polar surface area (TPSA) is 99.9 Å². The van der Waals surface area contributed by atoms with E-state index in [1.807, 2.05) is 0 Å². The molecule has 2 aliphatic heterocycles. The number of nitrogens with zero attached hydrogens (tertiary/aromatic N) is 4. The van der Waals surface area contributed by atoms with E-state index in [9.17, 15) is 19.1 Å². The number of nitrogens with one attached hydrogen (secondary N) is 1. The molecule has 0 spiro atoms. The quantitative estimate of drug-likeness (QED) is 0.503. The lowest BCUT2D eigenvalue weighted by Crippen LogP contribution is -2.50. The van der Waals surface area contributed by atoms with Crippen molar-refractivity contribution in [3.63, 3.8) is 0 Å². The molecule has 0 saturated carbocycles. The Labute approximate surface area is 214 Å². The zero-order valence-electron chi connectivity index (χ0n) is 21.2. The van der Waals surface area contributed by atoms with Gasteiger partial charge >= 0.3 is 0 Å². The van der Waals surface area contributed by atoms with Crippen molar-refractivity contribution in [3.8, 4) is 11.5 Å². The van der Waals surface area contributed by atoms with Crippen molar-refractivity contribution < 1.29 is 19.0 Å². The zero-order valence-corrected chi connectivity index (χ0v) is 21.2. The maximum Gasteiger partial charge on any atom is 0.268 e. The minimum absolute atomic E-state index is 0.145. The number of rotatable bonds is 7. The molecule has 0 bridgehead atoms. The fourth-order valence-electron chi connectivity index (χ4n) is 5.09. The van der Waals surface area contributed by atoms with Gasteiger partial charge in [0.1, 0.15) is 29.0 Å². The first-order valence-corrected chi connectivity index (χ1v) is 12.7. The van der Waals surface area contributed by atoms with Crippen LogP contribution in [-0.4, -0.2) is 82.3 Å². The number of carbonyl (C=O) groups excluding carboxylic acids is 1. The molecule has 1 amide bonds. The lowest BCUT2D eigenvalue weighted by atomic mass is 10.0. The molecule has 4 heterocycles. The number of ether oxygens (including phenoxy) is 1. The molecule has 2 N–H and O–H groups in total. The average Bonchev–Trinajstić information content (AvgIpc) is 2.89. The molecule has 5 rings (SSSR count). The van der Waals surface area contributed by atoms with Crippen molar-refractivity contribution in [2.24, 2.45) is 0 Å². The number of hydrogen-bond acceptors (Lipinski definition) is 7. The summed E-state index contributed by atoms with van der Waals surface area (Å²) >= 11 is 0. The molecule has 1 fully saturated rings. The van der Waals surface area contributed by atoms with Gasteiger partial charge in [-0.2, -0.15) is 0 Å². The van der Waals surface area contributed by atoms with Gasteiger partial charge in [-0.05, 0) is 31.5 Å². The number of amides is 1. The molecular formula is C27H32FN5O4. The minimum Gasteiger partial charge on any atom is -0.505 e. The van der Waals surface area contributed by atoms with Gasteiger partial charge in [-0.15, -0.1) is 0 Å². The van der Waals surface area contributed by atoms with Crippen LogP contribution in [-0.2, 0) is 13.0 Å². The van der Waals surface area contributed by atoms with Crippen molar-refractivity contribution >= 4 is 16.9 Å². The van der Waals surface area contributed by atoms with Crippen LogP contribution in [0.3, 0.4) is 0 Å². The van der Waals surface area contributed by atoms with Crippen LogP contribution in [0.1, 0.15) is 35.3 Å². The smallest absolute Gasteiger partial charge is 0.268 e. The Hall–Kier alpha value is -3.50. The summed E-state index contributed by atoms with van der Waals surface area (Å²) in [6.45, 7) is 9.73. The summed E-state index contributed by atoms with van der Waals surface area (Å²) in [7, 11) is 0. The largest absolute Gasteiger partial charge is 0.505 e. The maximum absolute atomic E-state index is 13.3. The predicted molar refractivity (Wildman–Crippen MR) is 138 cm³/mol. The Bertz CT molecular complexity index is 1360. The third kappa shape index (κ3) is 5.03. The Kier molecular flexibility index (Phi) is 7.12. The van der Waals surface area contributed by atoms with E-state index in [0.717, 1.165) is 31.7 Å². The van der Waals surface area contributed by atoms with Gasteiger partial charge in [0.15, 0.2) is 11.5 Å². The number of aromatic nitrogens is 2. The highest BCUT2D eigenvalue weighted by atomic mass is 19.1. The third-order valence-electron chi connectivity index (χ3n) is 7.22. The lowest BCUT2D eigenvalue weighted by Gasteiger charge is -2.36. The first-order chi connectivity index (χ1) is 17.8. The lowest BCUT2D eigenvalue weighted by molar-refractivity contribution is 0.0916. The number of hydrogen-bond donors (Lipinski definition) is 2. The molecule has 2 aromatic heterocycles. The van der Waals surface area contributed by atoms with Crippen molar-refractivity contribution in [1.29, 1.82) is 0 Å². The van der Waals surface area contributed by atoms with E-state index in [2.05, 4.69) is 33.9 Å². The van der Waals surface area contributed by atoms with E-state index in [4.69, 9.17) is 4.74 Å². The Morgan fingerprint density at radius 1 is 1.16 bits per heavy atom. The van der Waals surface area contributed by atoms with Gasteiger partial charge in [0.25, 0.3) is 11.5 Å². The number of pyridine rings is 2. The van der Waals surface area contributed by atoms with Gasteiger partial charge in [-0.1, -0.05) is 12.1 Å². The van der Waals surface area contributed by atoms with E-state index >= 15 is 0 Å². The molecule has 0 aliphatic carbocycles. The first kappa shape index (κ1) is 25.2. The molecular weight excluding hydrogens is 477 g/mol. The van der Waals surface area contributed by atoms with Crippen LogP contribution in [0.15, 0.2) is 35.3 Å². The number of carbonyl (C=O) groups is 1. The predicted octanol–water partition coefficient (Wildman–Crippen LogP) is 1.98. The maximum atomic E-state index is 13.3. The minimum atomic E-state index is -0.612. The van der Waals surface area contributed by atoms with Gasteiger partial charge in [-0.3, -0.25) is 28.9 Å². The molecule has 9 nitrogen and oxygen atoms in total. The second-order valence-electron chi connectivity index (χ2n) is 9.87. The van der Waals surface area contributed by atoms with Crippen LogP contribution in [0, 0.1) is 5.82 Å². The van der Waals surface area contributed by atoms with Crippen LogP contribution in [0.25, 0.3) is 11.0 Å². The highest BCUT2D eigenvalue weighted by Crippen LogP contribution is 2.36. The van der Waals surface area contributed by atoms with Crippen molar-refractivity contribution in [2.45, 2.75) is 32.9 Å². The van der Waals surface area contributed by atoms with Gasteiger partial charge in [0, 0.05) is 63.5 Å². The first-order valence-electron chi connectivity index (χ1n) is 12.7. The zero-order chi connectivity index (χ0) is 26.1. The van der Waals surface area contributed by atoms with E-state index in [0.29, 0.717) is 42.4 Å². The summed E-state index contributed by atoms with van der Waals surface area (Å²) in [6, 6.07) is 6.64. The summed E-state index contributed by atoms with van der Waals surface area (Å²) in [5.41, 5.74) is 1.20. The molecule has 1 saturated heterocycles. The highest BCUT2D eigenvalue weighted by Gasteiger charge is 2.28. The molecule has 0 radical (unpaired) electrons. The Balaban J connectivity index is 1.36. The molecule has 10 heteroatoms. The second-order valence-corrected chi connectivity index (χ2v) is 9.87. The Morgan fingerprint density at radius 3 is 2.59 bits per heavy atom. The molecule has 2 aliphatic rings. The summed E-state index contributed by atoms with van der Waals surface area (Å²) in [6.07, 6.45) is 1.99. The van der Waals surface area contributed by atoms with Crippen molar-refractivity contribution in [2.75, 3.05) is 45.9 Å². The summed E-state index contributed by atoms with van der Waals surface area (Å²) in [5.74, 6) is -0.935. The van der Waals surface area contributed by atoms with Gasteiger partial charge in [0.2, 0.25) is 0 Å². The van der Waals surface area contributed by atoms with E-state index < -0.39 is 17.2 Å². The molecule has 1 aromatic carbocycles. The van der Waals surface area contributed by atoms with Crippen LogP contribution in [0.5, 0.6) is 11.5 Å². The van der Waals surface area contributed by atoms with E-state index in [-0.39, 0.29) is 30.0 Å². The molecule has 37 heavy (non-hydrogen) atoms. The van der Waals surface area contributed by atoms with Gasteiger partial charge < -0.3 is 15.2 Å². The van der Waals surface area contributed by atoms with Crippen LogP contribution >= 0.6 is 0 Å². The van der Waals surface area contributed by atoms with E-state index in [1.165, 1.54) is 16.7 Å². The third-order valence-corrected chi connectivity index (χ3v) is 7.22. The van der Waals surface area contributed by atoms with Crippen molar-refractivity contribution in [3.05, 3.63) is 63.3 Å². The number of benzene rings is 1. The standard InChI is InChI=1S/C27H32FN5O4/c1-17(2)32-11-9-31(10-12-32)8-7-29-26(35)21-24(34)22-23-25(37-14-13-33(23)27(21)36)19(16-30-22)15-18-3-5-20(28)6-4-18/h3-6,16-17,34H,7-15H2,1-2H3,(H,29,35). The molecule has 0 atom stereocenters. The molecule has 0 unspecified atom stereocenters. The normalized spacial score (nSPS) is 16.2. The average molecular weight is 510 g/mol. The summed E-state index contributed by atoms with van der Waals surface area (Å²) in [5, 5.41) is 13.8. The van der Waals surface area contributed by atoms with Crippen LogP contribution in [0.2, 0.25) is 0 Å². The second kappa shape index (κ2) is 10.5. The van der Waals surface area contributed by atoms with E-state index in [1.54, 1.807) is 18.3 Å². The van der Waals surface area contributed by atoms with Gasteiger partial charge in [-0.25, -0.2) is 4.39 Å². The molecule has 196 valence electrons. The van der Waals surface area contributed by atoms with Crippen molar-refractivity contribution in [1.82, 2.24) is 24.7 Å². The monoisotopic (exact) mass is 509 g/mol. The highest BCUT2D eigenvalue weighted by molar-refractivity contribution is 6.02.